The summed E-state index contributed by atoms with van der Waals surface area (Å²) in [5.41, 5.74) is 5.18. The van der Waals surface area contributed by atoms with Crippen molar-refractivity contribution in [3.8, 4) is 11.5 Å². The van der Waals surface area contributed by atoms with Crippen molar-refractivity contribution < 1.29 is 27.5 Å². The van der Waals surface area contributed by atoms with E-state index in [-0.39, 0.29) is 23.9 Å². The van der Waals surface area contributed by atoms with Crippen molar-refractivity contribution >= 4 is 21.8 Å². The van der Waals surface area contributed by atoms with E-state index in [1.165, 1.54) is 11.4 Å². The fourth-order valence-electron chi connectivity index (χ4n) is 3.65. The molecule has 0 saturated carbocycles. The van der Waals surface area contributed by atoms with Crippen molar-refractivity contribution in [2.45, 2.75) is 37.5 Å². The lowest BCUT2D eigenvalue weighted by Gasteiger charge is -2.30. The molecule has 0 unspecified atom stereocenters. The van der Waals surface area contributed by atoms with E-state index in [2.05, 4.69) is 17.8 Å². The fourth-order valence-corrected chi connectivity index (χ4v) is 5.14. The summed E-state index contributed by atoms with van der Waals surface area (Å²) in [6.07, 6.45) is 2.65. The van der Waals surface area contributed by atoms with E-state index in [1.54, 1.807) is 48.5 Å². The Bertz CT molecular complexity index is 1080. The number of carbonyl (C=O) groups is 2. The van der Waals surface area contributed by atoms with Gasteiger partial charge in [-0.05, 0) is 49.6 Å². The molecule has 0 spiro atoms. The first-order valence-corrected chi connectivity index (χ1v) is 12.8. The Morgan fingerprint density at radius 1 is 1.03 bits per heavy atom. The van der Waals surface area contributed by atoms with Crippen LogP contribution in [-0.2, 0) is 14.8 Å². The lowest BCUT2D eigenvalue weighted by Crippen LogP contribution is -2.48. The van der Waals surface area contributed by atoms with Gasteiger partial charge in [0.25, 0.3) is 5.91 Å². The number of hydrazine groups is 1. The molecule has 9 nitrogen and oxygen atoms in total. The lowest BCUT2D eigenvalue weighted by molar-refractivity contribution is -0.126. The molecule has 2 aromatic rings. The Morgan fingerprint density at radius 3 is 2.38 bits per heavy atom. The molecule has 1 fully saturated rings. The monoisotopic (exact) mass is 489 g/mol. The molecule has 1 heterocycles. The standard InChI is InChI=1S/C24H31N3O6S/c1-3-4-16-33-21-11-10-19(17-22(21)32-2)24(29)26-25-23(28)18-12-14-27(15-13-18)34(30,31)20-8-6-5-7-9-20/h5-11,17-18H,3-4,12-16H2,1-2H3,(H,25,28)(H,26,29). The number of amides is 2. The van der Waals surface area contributed by atoms with Crippen molar-refractivity contribution in [2.75, 3.05) is 26.8 Å². The average Bonchev–Trinajstić information content (AvgIpc) is 2.87. The first kappa shape index (κ1) is 25.5. The molecule has 0 bridgehead atoms. The van der Waals surface area contributed by atoms with E-state index < -0.39 is 21.8 Å². The number of ether oxygens (including phenoxy) is 2. The van der Waals surface area contributed by atoms with Gasteiger partial charge in [-0.15, -0.1) is 0 Å². The molecule has 1 saturated heterocycles. The third-order valence-corrected chi connectivity index (χ3v) is 7.60. The van der Waals surface area contributed by atoms with Crippen molar-refractivity contribution in [1.82, 2.24) is 15.2 Å². The maximum Gasteiger partial charge on any atom is 0.269 e. The number of hydrogen-bond donors (Lipinski definition) is 2. The summed E-state index contributed by atoms with van der Waals surface area (Å²) >= 11 is 0. The Hall–Kier alpha value is -3.11. The molecule has 0 radical (unpaired) electrons. The van der Waals surface area contributed by atoms with Crippen LogP contribution in [0.25, 0.3) is 0 Å². The first-order chi connectivity index (χ1) is 16.4. The van der Waals surface area contributed by atoms with Crippen molar-refractivity contribution in [1.29, 1.82) is 0 Å². The molecule has 2 N–H and O–H groups in total. The first-order valence-electron chi connectivity index (χ1n) is 11.3. The second kappa shape index (κ2) is 11.8. The van der Waals surface area contributed by atoms with Crippen LogP contribution in [-0.4, -0.2) is 51.3 Å². The van der Waals surface area contributed by atoms with Crippen LogP contribution in [0, 0.1) is 5.92 Å². The van der Waals surface area contributed by atoms with E-state index in [0.29, 0.717) is 36.5 Å². The quantitative estimate of drug-likeness (QED) is 0.414. The zero-order valence-corrected chi connectivity index (χ0v) is 20.3. The van der Waals surface area contributed by atoms with Gasteiger partial charge in [0.1, 0.15) is 0 Å². The zero-order valence-electron chi connectivity index (χ0n) is 19.5. The maximum absolute atomic E-state index is 12.7. The summed E-state index contributed by atoms with van der Waals surface area (Å²) in [6, 6.07) is 13.0. The molecule has 34 heavy (non-hydrogen) atoms. The highest BCUT2D eigenvalue weighted by atomic mass is 32.2. The van der Waals surface area contributed by atoms with E-state index in [0.717, 1.165) is 12.8 Å². The van der Waals surface area contributed by atoms with Crippen LogP contribution >= 0.6 is 0 Å². The third-order valence-electron chi connectivity index (χ3n) is 5.69. The van der Waals surface area contributed by atoms with Crippen LogP contribution in [0.1, 0.15) is 43.0 Å². The van der Waals surface area contributed by atoms with Crippen LogP contribution in [0.2, 0.25) is 0 Å². The van der Waals surface area contributed by atoms with Gasteiger partial charge in [-0.3, -0.25) is 20.4 Å². The summed E-state index contributed by atoms with van der Waals surface area (Å²) < 4.78 is 37.8. The Kier molecular flexibility index (Phi) is 8.89. The predicted molar refractivity (Wildman–Crippen MR) is 127 cm³/mol. The number of unbranched alkanes of at least 4 members (excludes halogenated alkanes) is 1. The van der Waals surface area contributed by atoms with Crippen molar-refractivity contribution in [2.24, 2.45) is 5.92 Å². The predicted octanol–water partition coefficient (Wildman–Crippen LogP) is 2.74. The number of methoxy groups -OCH3 is 1. The van der Waals surface area contributed by atoms with Crippen LogP contribution in [0.3, 0.4) is 0 Å². The molecule has 1 aliphatic rings. The van der Waals surface area contributed by atoms with Crippen molar-refractivity contribution in [3.05, 3.63) is 54.1 Å². The van der Waals surface area contributed by atoms with E-state index in [1.807, 2.05) is 0 Å². The van der Waals surface area contributed by atoms with Gasteiger partial charge in [0.05, 0.1) is 18.6 Å². The van der Waals surface area contributed by atoms with E-state index in [4.69, 9.17) is 9.47 Å². The number of piperidine rings is 1. The number of sulfonamides is 1. The molecular formula is C24H31N3O6S. The number of rotatable bonds is 9. The molecule has 2 aromatic carbocycles. The molecule has 184 valence electrons. The van der Waals surface area contributed by atoms with Crippen LogP contribution < -0.4 is 20.3 Å². The van der Waals surface area contributed by atoms with Gasteiger partial charge in [0, 0.05) is 24.6 Å². The minimum Gasteiger partial charge on any atom is -0.493 e. The number of hydrogen-bond acceptors (Lipinski definition) is 6. The highest BCUT2D eigenvalue weighted by Crippen LogP contribution is 2.28. The fraction of sp³-hybridized carbons (Fsp3) is 0.417. The zero-order chi connectivity index (χ0) is 24.6. The topological polar surface area (TPSA) is 114 Å². The Balaban J connectivity index is 1.51. The SMILES string of the molecule is CCCCOc1ccc(C(=O)NNC(=O)C2CCN(S(=O)(=O)c3ccccc3)CC2)cc1OC. The van der Waals surface area contributed by atoms with Gasteiger partial charge in [-0.25, -0.2) is 8.42 Å². The second-order valence-corrected chi connectivity index (χ2v) is 9.94. The Labute approximate surface area is 200 Å². The number of carbonyl (C=O) groups excluding carboxylic acids is 2. The molecule has 10 heteroatoms. The summed E-state index contributed by atoms with van der Waals surface area (Å²) in [4.78, 5) is 25.3. The van der Waals surface area contributed by atoms with Gasteiger partial charge in [0.15, 0.2) is 11.5 Å². The van der Waals surface area contributed by atoms with Gasteiger partial charge in [-0.2, -0.15) is 4.31 Å². The minimum absolute atomic E-state index is 0.236. The van der Waals surface area contributed by atoms with Gasteiger partial charge in [0.2, 0.25) is 15.9 Å². The Morgan fingerprint density at radius 2 is 1.74 bits per heavy atom. The van der Waals surface area contributed by atoms with E-state index >= 15 is 0 Å². The van der Waals surface area contributed by atoms with Crippen LogP contribution in [0.5, 0.6) is 11.5 Å². The maximum atomic E-state index is 12.7. The molecule has 0 aromatic heterocycles. The number of benzene rings is 2. The molecule has 0 aliphatic carbocycles. The smallest absolute Gasteiger partial charge is 0.269 e. The summed E-state index contributed by atoms with van der Waals surface area (Å²) in [7, 11) is -2.09. The van der Waals surface area contributed by atoms with Crippen molar-refractivity contribution in [3.63, 3.8) is 0 Å². The largest absolute Gasteiger partial charge is 0.493 e. The molecule has 3 rings (SSSR count). The number of nitrogens with one attached hydrogen (secondary N) is 2. The van der Waals surface area contributed by atoms with Gasteiger partial charge >= 0.3 is 0 Å². The molecule has 2 amide bonds. The van der Waals surface area contributed by atoms with Gasteiger partial charge in [-0.1, -0.05) is 31.5 Å². The lowest BCUT2D eigenvalue weighted by atomic mass is 9.98. The summed E-state index contributed by atoms with van der Waals surface area (Å²) in [5.74, 6) is -0.255. The summed E-state index contributed by atoms with van der Waals surface area (Å²) in [5, 5.41) is 0. The van der Waals surface area contributed by atoms with Gasteiger partial charge < -0.3 is 9.47 Å². The minimum atomic E-state index is -3.58. The van der Waals surface area contributed by atoms with E-state index in [9.17, 15) is 18.0 Å². The summed E-state index contributed by atoms with van der Waals surface area (Å²) in [6.45, 7) is 3.10. The van der Waals surface area contributed by atoms with Crippen LogP contribution in [0.4, 0.5) is 0 Å². The number of nitrogens with zero attached hydrogens (tertiary/aromatic N) is 1. The third kappa shape index (κ3) is 6.27. The highest BCUT2D eigenvalue weighted by molar-refractivity contribution is 7.89. The highest BCUT2D eigenvalue weighted by Gasteiger charge is 2.32. The average molecular weight is 490 g/mol. The second-order valence-electron chi connectivity index (χ2n) is 8.00. The molecule has 0 atom stereocenters. The molecular weight excluding hydrogens is 458 g/mol. The molecule has 1 aliphatic heterocycles. The normalized spacial score (nSPS) is 14.9. The van der Waals surface area contributed by atoms with Crippen LogP contribution in [0.15, 0.2) is 53.4 Å².